The molecule has 0 saturated carbocycles. The third-order valence-electron chi connectivity index (χ3n) is 2.16. The molecule has 16 heavy (non-hydrogen) atoms. The van der Waals surface area contributed by atoms with Crippen LogP contribution in [0.15, 0.2) is 12.1 Å². The molecule has 5 heteroatoms. The molecule has 0 aliphatic heterocycles. The van der Waals surface area contributed by atoms with E-state index in [1.165, 1.54) is 26.4 Å². The zero-order valence-corrected chi connectivity index (χ0v) is 9.25. The zero-order valence-electron chi connectivity index (χ0n) is 9.25. The van der Waals surface area contributed by atoms with Crippen molar-refractivity contribution in [3.05, 3.63) is 23.5 Å². The lowest BCUT2D eigenvalue weighted by Crippen LogP contribution is -2.10. The molecule has 0 saturated heterocycles. The van der Waals surface area contributed by atoms with Crippen molar-refractivity contribution in [3.8, 4) is 11.5 Å². The van der Waals surface area contributed by atoms with Crippen LogP contribution in [0.5, 0.6) is 11.5 Å². The number of ether oxygens (including phenoxy) is 2. The van der Waals surface area contributed by atoms with Gasteiger partial charge >= 0.3 is 0 Å². The molecule has 0 amide bonds. The lowest BCUT2D eigenvalue weighted by atomic mass is 10.1. The van der Waals surface area contributed by atoms with Crippen molar-refractivity contribution in [2.45, 2.75) is 6.42 Å². The molecule has 0 aliphatic carbocycles. The monoisotopic (exact) mass is 227 g/mol. The number of nitrogens with two attached hydrogens (primary N) is 1. The average Bonchev–Trinajstić information content (AvgIpc) is 2.28. The van der Waals surface area contributed by atoms with E-state index >= 15 is 0 Å². The van der Waals surface area contributed by atoms with Gasteiger partial charge in [-0.15, -0.1) is 0 Å². The van der Waals surface area contributed by atoms with Gasteiger partial charge in [0.25, 0.3) is 0 Å². The minimum Gasteiger partial charge on any atom is -0.494 e. The number of benzene rings is 1. The normalized spacial score (nSPS) is 10.0. The number of methoxy groups -OCH3 is 2. The fourth-order valence-electron chi connectivity index (χ4n) is 1.38. The summed E-state index contributed by atoms with van der Waals surface area (Å²) in [6.45, 7) is 0.218. The summed E-state index contributed by atoms with van der Waals surface area (Å²) in [6, 6.07) is 2.86. The quantitative estimate of drug-likeness (QED) is 0.772. The summed E-state index contributed by atoms with van der Waals surface area (Å²) in [5.74, 6) is -0.979. The second-order valence-corrected chi connectivity index (χ2v) is 3.12. The van der Waals surface area contributed by atoms with E-state index < -0.39 is 5.82 Å². The molecule has 0 radical (unpaired) electrons. The largest absolute Gasteiger partial charge is 0.494 e. The van der Waals surface area contributed by atoms with Crippen LogP contribution in [0, 0.1) is 5.82 Å². The van der Waals surface area contributed by atoms with Crippen molar-refractivity contribution in [1.29, 1.82) is 0 Å². The van der Waals surface area contributed by atoms with Gasteiger partial charge in [-0.05, 0) is 18.7 Å². The van der Waals surface area contributed by atoms with Crippen LogP contribution in [0.4, 0.5) is 4.39 Å². The van der Waals surface area contributed by atoms with E-state index in [1.54, 1.807) is 0 Å². The molecule has 4 nitrogen and oxygen atoms in total. The number of ketones is 1. The minimum absolute atomic E-state index is 0.0427. The van der Waals surface area contributed by atoms with Gasteiger partial charge in [0.05, 0.1) is 19.8 Å². The predicted octanol–water partition coefficient (Wildman–Crippen LogP) is 1.37. The third-order valence-corrected chi connectivity index (χ3v) is 2.16. The lowest BCUT2D eigenvalue weighted by Gasteiger charge is -2.10. The molecule has 0 heterocycles. The Labute approximate surface area is 93.2 Å². The Morgan fingerprint density at radius 3 is 2.56 bits per heavy atom. The second-order valence-electron chi connectivity index (χ2n) is 3.12. The van der Waals surface area contributed by atoms with Crippen LogP contribution in [0.25, 0.3) is 0 Å². The van der Waals surface area contributed by atoms with Crippen LogP contribution >= 0.6 is 0 Å². The Kier molecular flexibility index (Phi) is 4.25. The van der Waals surface area contributed by atoms with Gasteiger partial charge in [0.15, 0.2) is 17.3 Å². The van der Waals surface area contributed by atoms with E-state index in [0.717, 1.165) is 0 Å². The van der Waals surface area contributed by atoms with Gasteiger partial charge in [0, 0.05) is 6.42 Å². The van der Waals surface area contributed by atoms with Crippen LogP contribution < -0.4 is 15.2 Å². The molecule has 1 rings (SSSR count). The highest BCUT2D eigenvalue weighted by Gasteiger charge is 2.18. The van der Waals surface area contributed by atoms with E-state index in [2.05, 4.69) is 0 Å². The summed E-state index contributed by atoms with van der Waals surface area (Å²) in [7, 11) is 2.65. The number of rotatable bonds is 5. The van der Waals surface area contributed by atoms with Gasteiger partial charge in [0.1, 0.15) is 0 Å². The van der Waals surface area contributed by atoms with Crippen molar-refractivity contribution in [1.82, 2.24) is 0 Å². The minimum atomic E-state index is -0.673. The summed E-state index contributed by atoms with van der Waals surface area (Å²) < 4.78 is 23.4. The topological polar surface area (TPSA) is 61.5 Å². The van der Waals surface area contributed by atoms with E-state index in [1.807, 2.05) is 0 Å². The van der Waals surface area contributed by atoms with E-state index in [4.69, 9.17) is 15.2 Å². The van der Waals surface area contributed by atoms with Gasteiger partial charge in [-0.3, -0.25) is 4.79 Å². The molecule has 0 bridgehead atoms. The highest BCUT2D eigenvalue weighted by molar-refractivity contribution is 5.99. The summed E-state index contributed by atoms with van der Waals surface area (Å²) in [4.78, 5) is 11.6. The van der Waals surface area contributed by atoms with Crippen LogP contribution in [-0.4, -0.2) is 26.5 Å². The molecule has 0 fully saturated rings. The summed E-state index contributed by atoms with van der Waals surface area (Å²) in [5.41, 5.74) is 5.46. The van der Waals surface area contributed by atoms with E-state index in [-0.39, 0.29) is 35.8 Å². The van der Waals surface area contributed by atoms with Crippen molar-refractivity contribution >= 4 is 5.78 Å². The maximum absolute atomic E-state index is 13.7. The Bertz CT molecular complexity index is 393. The number of hydrogen-bond acceptors (Lipinski definition) is 4. The van der Waals surface area contributed by atoms with Crippen LogP contribution in [0.1, 0.15) is 16.8 Å². The van der Waals surface area contributed by atoms with Crippen molar-refractivity contribution in [2.24, 2.45) is 5.73 Å². The number of halogens is 1. The molecular formula is C11H14FNO3. The summed E-state index contributed by atoms with van der Waals surface area (Å²) in [6.07, 6.45) is 0.155. The highest BCUT2D eigenvalue weighted by Crippen LogP contribution is 2.30. The predicted molar refractivity (Wildman–Crippen MR) is 57.5 cm³/mol. The Balaban J connectivity index is 3.20. The first-order valence-corrected chi connectivity index (χ1v) is 4.79. The Hall–Kier alpha value is -1.62. The third kappa shape index (κ3) is 2.30. The SMILES string of the molecule is COc1ccc(C(=O)CCN)c(OC)c1F. The smallest absolute Gasteiger partial charge is 0.207 e. The first-order chi connectivity index (χ1) is 7.65. The first-order valence-electron chi connectivity index (χ1n) is 4.79. The van der Waals surface area contributed by atoms with Gasteiger partial charge in [-0.2, -0.15) is 4.39 Å². The summed E-state index contributed by atoms with van der Waals surface area (Å²) >= 11 is 0. The Morgan fingerprint density at radius 1 is 1.38 bits per heavy atom. The molecular weight excluding hydrogens is 213 g/mol. The maximum atomic E-state index is 13.7. The van der Waals surface area contributed by atoms with Crippen LogP contribution in [-0.2, 0) is 0 Å². The van der Waals surface area contributed by atoms with Gasteiger partial charge in [-0.25, -0.2) is 0 Å². The lowest BCUT2D eigenvalue weighted by molar-refractivity contribution is 0.0981. The van der Waals surface area contributed by atoms with Gasteiger partial charge in [0.2, 0.25) is 5.82 Å². The molecule has 0 aromatic heterocycles. The number of carbonyl (C=O) groups is 1. The van der Waals surface area contributed by atoms with Crippen LogP contribution in [0.3, 0.4) is 0 Å². The number of hydrogen-bond donors (Lipinski definition) is 1. The van der Waals surface area contributed by atoms with Crippen LogP contribution in [0.2, 0.25) is 0 Å². The number of carbonyl (C=O) groups excluding carboxylic acids is 1. The van der Waals surface area contributed by atoms with Gasteiger partial charge < -0.3 is 15.2 Å². The molecule has 0 unspecified atom stereocenters. The highest BCUT2D eigenvalue weighted by atomic mass is 19.1. The molecule has 1 aromatic rings. The number of Topliss-reactive ketones (excluding diaryl/α,β-unsaturated/α-hetero) is 1. The molecule has 1 aromatic carbocycles. The molecule has 0 aliphatic rings. The Morgan fingerprint density at radius 2 is 2.06 bits per heavy atom. The zero-order chi connectivity index (χ0) is 12.1. The van der Waals surface area contributed by atoms with Crippen molar-refractivity contribution in [2.75, 3.05) is 20.8 Å². The fraction of sp³-hybridized carbons (Fsp3) is 0.364. The first kappa shape index (κ1) is 12.4. The van der Waals surface area contributed by atoms with Gasteiger partial charge in [-0.1, -0.05) is 0 Å². The van der Waals surface area contributed by atoms with Crippen molar-refractivity contribution in [3.63, 3.8) is 0 Å². The maximum Gasteiger partial charge on any atom is 0.207 e. The molecule has 0 spiro atoms. The summed E-state index contributed by atoms with van der Waals surface area (Å²) in [5, 5.41) is 0. The molecule has 0 atom stereocenters. The van der Waals surface area contributed by atoms with Crippen molar-refractivity contribution < 1.29 is 18.7 Å². The average molecular weight is 227 g/mol. The molecule has 2 N–H and O–H groups in total. The fourth-order valence-corrected chi connectivity index (χ4v) is 1.38. The molecule has 88 valence electrons. The van der Waals surface area contributed by atoms with E-state index in [9.17, 15) is 9.18 Å². The second kappa shape index (κ2) is 5.46. The standard InChI is InChI=1S/C11H14FNO3/c1-15-9-4-3-7(8(14)5-6-13)11(16-2)10(9)12/h3-4H,5-6,13H2,1-2H3. The van der Waals surface area contributed by atoms with E-state index in [0.29, 0.717) is 0 Å².